The van der Waals surface area contributed by atoms with E-state index in [0.717, 1.165) is 47.4 Å². The summed E-state index contributed by atoms with van der Waals surface area (Å²) in [5.74, 6) is 2.55. The van der Waals surface area contributed by atoms with E-state index in [9.17, 15) is 0 Å². The maximum Gasteiger partial charge on any atom is 0.125 e. The molecule has 0 radical (unpaired) electrons. The molecule has 1 aromatic rings. The first kappa shape index (κ1) is 14.2. The molecule has 0 unspecified atom stereocenters. The van der Waals surface area contributed by atoms with Crippen LogP contribution in [0.2, 0.25) is 5.02 Å². The third kappa shape index (κ3) is 2.56. The van der Waals surface area contributed by atoms with E-state index < -0.39 is 0 Å². The van der Waals surface area contributed by atoms with Crippen molar-refractivity contribution in [2.75, 3.05) is 0 Å². The van der Waals surface area contributed by atoms with Crippen molar-refractivity contribution in [2.24, 2.45) is 17.6 Å². The summed E-state index contributed by atoms with van der Waals surface area (Å²) in [6, 6.07) is 5.88. The van der Waals surface area contributed by atoms with E-state index in [-0.39, 0.29) is 11.6 Å². The van der Waals surface area contributed by atoms with E-state index in [1.165, 1.54) is 12.8 Å². The van der Waals surface area contributed by atoms with Crippen LogP contribution in [0.15, 0.2) is 18.2 Å². The zero-order chi connectivity index (χ0) is 14.3. The second-order valence-corrected chi connectivity index (χ2v) is 7.30. The van der Waals surface area contributed by atoms with Crippen molar-refractivity contribution in [1.82, 2.24) is 0 Å². The molecule has 0 saturated heterocycles. The summed E-state index contributed by atoms with van der Waals surface area (Å²) in [5, 5.41) is 0.738. The minimum absolute atomic E-state index is 0.0361. The number of halogens is 1. The monoisotopic (exact) mass is 293 g/mol. The Labute approximate surface area is 126 Å². The first-order chi connectivity index (χ1) is 9.49. The molecule has 20 heavy (non-hydrogen) atoms. The highest BCUT2D eigenvalue weighted by Gasteiger charge is 2.43. The summed E-state index contributed by atoms with van der Waals surface area (Å²) in [6.45, 7) is 4.65. The highest BCUT2D eigenvalue weighted by molar-refractivity contribution is 6.30. The number of benzene rings is 1. The van der Waals surface area contributed by atoms with Crippen LogP contribution in [-0.2, 0) is 0 Å². The molecule has 3 heteroatoms. The van der Waals surface area contributed by atoms with Crippen molar-refractivity contribution < 1.29 is 4.74 Å². The Morgan fingerprint density at radius 1 is 1.30 bits per heavy atom. The summed E-state index contributed by atoms with van der Waals surface area (Å²) < 4.78 is 6.38. The molecule has 0 aromatic heterocycles. The van der Waals surface area contributed by atoms with Crippen LogP contribution in [0.3, 0.4) is 0 Å². The Balaban J connectivity index is 1.80. The maximum absolute atomic E-state index is 6.38. The van der Waals surface area contributed by atoms with Crippen LogP contribution in [0.4, 0.5) is 0 Å². The van der Waals surface area contributed by atoms with Crippen LogP contribution >= 0.6 is 11.6 Å². The molecule has 110 valence electrons. The van der Waals surface area contributed by atoms with Gasteiger partial charge < -0.3 is 10.5 Å². The molecule has 0 amide bonds. The minimum Gasteiger partial charge on any atom is -0.487 e. The molecule has 1 aliphatic heterocycles. The Bertz CT molecular complexity index is 492. The number of nitrogens with two attached hydrogens (primary N) is 1. The molecule has 1 aromatic carbocycles. The second-order valence-electron chi connectivity index (χ2n) is 6.86. The average Bonchev–Trinajstić information content (AvgIpc) is 2.40. The van der Waals surface area contributed by atoms with Crippen molar-refractivity contribution in [3.05, 3.63) is 28.8 Å². The van der Waals surface area contributed by atoms with Crippen LogP contribution < -0.4 is 10.5 Å². The Kier molecular flexibility index (Phi) is 3.72. The van der Waals surface area contributed by atoms with Crippen LogP contribution in [0.1, 0.15) is 57.6 Å². The van der Waals surface area contributed by atoms with Crippen molar-refractivity contribution in [2.45, 2.75) is 57.6 Å². The lowest BCUT2D eigenvalue weighted by Gasteiger charge is -2.46. The van der Waals surface area contributed by atoms with Gasteiger partial charge in [0, 0.05) is 23.0 Å². The van der Waals surface area contributed by atoms with E-state index in [2.05, 4.69) is 13.8 Å². The van der Waals surface area contributed by atoms with Gasteiger partial charge in [0.25, 0.3) is 0 Å². The van der Waals surface area contributed by atoms with Gasteiger partial charge in [-0.2, -0.15) is 0 Å². The second kappa shape index (κ2) is 5.23. The third-order valence-corrected chi connectivity index (χ3v) is 5.41. The smallest absolute Gasteiger partial charge is 0.125 e. The van der Waals surface area contributed by atoms with Crippen molar-refractivity contribution >= 4 is 11.6 Å². The lowest BCUT2D eigenvalue weighted by molar-refractivity contribution is -0.0160. The number of rotatable bonds is 1. The van der Waals surface area contributed by atoms with Gasteiger partial charge in [-0.15, -0.1) is 0 Å². The van der Waals surface area contributed by atoms with Gasteiger partial charge in [-0.3, -0.25) is 0 Å². The molecule has 2 aliphatic rings. The molecule has 1 fully saturated rings. The quantitative estimate of drug-likeness (QED) is 0.814. The number of ether oxygens (including phenoxy) is 1. The summed E-state index contributed by atoms with van der Waals surface area (Å²) >= 11 is 6.06. The summed E-state index contributed by atoms with van der Waals surface area (Å²) in [5.41, 5.74) is 7.40. The summed E-state index contributed by atoms with van der Waals surface area (Å²) in [7, 11) is 0. The minimum atomic E-state index is -0.0361. The van der Waals surface area contributed by atoms with Crippen molar-refractivity contribution in [1.29, 1.82) is 0 Å². The van der Waals surface area contributed by atoms with Gasteiger partial charge in [0.2, 0.25) is 0 Å². The van der Waals surface area contributed by atoms with E-state index >= 15 is 0 Å². The zero-order valence-electron chi connectivity index (χ0n) is 12.4. The normalized spacial score (nSPS) is 33.0. The van der Waals surface area contributed by atoms with E-state index in [1.807, 2.05) is 18.2 Å². The molecule has 1 atom stereocenters. The molecule has 1 spiro atoms. The highest BCUT2D eigenvalue weighted by Crippen LogP contribution is 2.47. The van der Waals surface area contributed by atoms with Gasteiger partial charge in [0.05, 0.1) is 0 Å². The van der Waals surface area contributed by atoms with Gasteiger partial charge in [0.1, 0.15) is 11.4 Å². The Morgan fingerprint density at radius 3 is 2.65 bits per heavy atom. The fourth-order valence-electron chi connectivity index (χ4n) is 3.83. The molecular weight excluding hydrogens is 270 g/mol. The SMILES string of the molecule is CC(C)C1CCC2(CC1)C[C@H](N)c1cc(Cl)ccc1O2. The molecule has 1 saturated carbocycles. The van der Waals surface area contributed by atoms with Crippen molar-refractivity contribution in [3.63, 3.8) is 0 Å². The van der Waals surface area contributed by atoms with E-state index in [0.29, 0.717) is 0 Å². The van der Waals surface area contributed by atoms with Crippen molar-refractivity contribution in [3.8, 4) is 5.75 Å². The Morgan fingerprint density at radius 2 is 2.00 bits per heavy atom. The van der Waals surface area contributed by atoms with Gasteiger partial charge in [-0.1, -0.05) is 25.4 Å². The fraction of sp³-hybridized carbons (Fsp3) is 0.647. The summed E-state index contributed by atoms with van der Waals surface area (Å²) in [4.78, 5) is 0. The first-order valence-electron chi connectivity index (χ1n) is 7.73. The first-order valence-corrected chi connectivity index (χ1v) is 8.11. The van der Waals surface area contributed by atoms with Crippen LogP contribution in [-0.4, -0.2) is 5.60 Å². The van der Waals surface area contributed by atoms with Gasteiger partial charge in [-0.05, 0) is 55.7 Å². The lowest BCUT2D eigenvalue weighted by atomic mass is 9.71. The van der Waals surface area contributed by atoms with Crippen LogP contribution in [0.25, 0.3) is 0 Å². The zero-order valence-corrected chi connectivity index (χ0v) is 13.1. The third-order valence-electron chi connectivity index (χ3n) is 5.17. The number of hydrogen-bond donors (Lipinski definition) is 1. The van der Waals surface area contributed by atoms with Gasteiger partial charge in [0.15, 0.2) is 0 Å². The largest absolute Gasteiger partial charge is 0.487 e. The van der Waals surface area contributed by atoms with E-state index in [4.69, 9.17) is 22.1 Å². The molecule has 3 rings (SSSR count). The average molecular weight is 294 g/mol. The molecule has 1 heterocycles. The number of hydrogen-bond acceptors (Lipinski definition) is 2. The topological polar surface area (TPSA) is 35.2 Å². The van der Waals surface area contributed by atoms with Crippen LogP contribution in [0, 0.1) is 11.8 Å². The molecule has 0 bridgehead atoms. The van der Waals surface area contributed by atoms with Crippen LogP contribution in [0.5, 0.6) is 5.75 Å². The predicted molar refractivity (Wildman–Crippen MR) is 83.2 cm³/mol. The van der Waals surface area contributed by atoms with Gasteiger partial charge in [-0.25, -0.2) is 0 Å². The fourth-order valence-corrected chi connectivity index (χ4v) is 4.01. The maximum atomic E-state index is 6.38. The lowest BCUT2D eigenvalue weighted by Crippen LogP contribution is -2.46. The van der Waals surface area contributed by atoms with Gasteiger partial charge >= 0.3 is 0 Å². The molecule has 2 N–H and O–H groups in total. The number of fused-ring (bicyclic) bond motifs is 1. The highest BCUT2D eigenvalue weighted by atomic mass is 35.5. The molecule has 2 nitrogen and oxygen atoms in total. The predicted octanol–water partition coefficient (Wildman–Crippen LogP) is 4.71. The standard InChI is InChI=1S/C17H24ClNO/c1-11(2)12-5-7-17(8-6-12)10-15(19)14-9-13(18)3-4-16(14)20-17/h3-4,9,11-12,15H,5-8,10,19H2,1-2H3/t12?,15-,17?/m0/s1. The summed E-state index contributed by atoms with van der Waals surface area (Å²) in [6.07, 6.45) is 5.70. The molecular formula is C17H24ClNO. The Hall–Kier alpha value is -0.730. The van der Waals surface area contributed by atoms with E-state index in [1.54, 1.807) is 0 Å². The molecule has 1 aliphatic carbocycles.